The van der Waals surface area contributed by atoms with Gasteiger partial charge in [0.2, 0.25) is 0 Å². The van der Waals surface area contributed by atoms with Gasteiger partial charge >= 0.3 is 5.97 Å². The summed E-state index contributed by atoms with van der Waals surface area (Å²) in [6.45, 7) is 0. The molecule has 0 radical (unpaired) electrons. The van der Waals surface area contributed by atoms with Gasteiger partial charge in [-0.2, -0.15) is 5.10 Å². The van der Waals surface area contributed by atoms with E-state index in [9.17, 15) is 4.79 Å². The summed E-state index contributed by atoms with van der Waals surface area (Å²) in [6.07, 6.45) is 2.74. The van der Waals surface area contributed by atoms with Crippen molar-refractivity contribution in [1.29, 1.82) is 0 Å². The van der Waals surface area contributed by atoms with E-state index < -0.39 is 5.97 Å². The normalized spacial score (nSPS) is 10.4. The van der Waals surface area contributed by atoms with E-state index in [0.717, 1.165) is 0 Å². The van der Waals surface area contributed by atoms with Gasteiger partial charge in [-0.15, -0.1) is 10.2 Å². The average Bonchev–Trinajstić information content (AvgIpc) is 2.71. The molecule has 2 N–H and O–H groups in total. The van der Waals surface area contributed by atoms with Crippen LogP contribution in [0.1, 0.15) is 10.5 Å². The zero-order chi connectivity index (χ0) is 10.1. The molecule has 2 heterocycles. The molecule has 0 fully saturated rings. The largest absolute Gasteiger partial charge is 0.476 e. The van der Waals surface area contributed by atoms with Gasteiger partial charge in [-0.25, -0.2) is 4.79 Å². The third kappa shape index (κ3) is 1.23. The van der Waals surface area contributed by atoms with Crippen LogP contribution in [-0.4, -0.2) is 36.0 Å². The average molecular weight is 214 g/mol. The summed E-state index contributed by atoms with van der Waals surface area (Å²) in [5.41, 5.74) is -0.157. The number of carboxylic acid groups (broad SMARTS) is 1. The Balaban J connectivity index is 2.52. The van der Waals surface area contributed by atoms with Crippen LogP contribution < -0.4 is 0 Å². The first-order valence-electron chi connectivity index (χ1n) is 3.52. The first-order valence-corrected chi connectivity index (χ1v) is 3.90. The third-order valence-corrected chi connectivity index (χ3v) is 1.92. The van der Waals surface area contributed by atoms with E-state index >= 15 is 0 Å². The maximum Gasteiger partial charge on any atom is 0.355 e. The van der Waals surface area contributed by atoms with Crippen molar-refractivity contribution in [3.63, 3.8) is 0 Å². The van der Waals surface area contributed by atoms with Crippen LogP contribution in [0.5, 0.6) is 0 Å². The Labute approximate surface area is 82.3 Å². The summed E-state index contributed by atoms with van der Waals surface area (Å²) in [6, 6.07) is 0. The molecule has 0 aliphatic rings. The highest BCUT2D eigenvalue weighted by atomic mass is 35.5. The van der Waals surface area contributed by atoms with Crippen molar-refractivity contribution in [2.24, 2.45) is 0 Å². The molecule has 0 saturated heterocycles. The van der Waals surface area contributed by atoms with Crippen molar-refractivity contribution >= 4 is 17.6 Å². The van der Waals surface area contributed by atoms with Crippen molar-refractivity contribution in [1.82, 2.24) is 25.0 Å². The number of H-pyrrole nitrogens is 1. The zero-order valence-corrected chi connectivity index (χ0v) is 7.43. The highest BCUT2D eigenvalue weighted by Crippen LogP contribution is 2.20. The van der Waals surface area contributed by atoms with Crippen LogP contribution in [0.4, 0.5) is 0 Å². The van der Waals surface area contributed by atoms with Gasteiger partial charge in [-0.05, 0) is 0 Å². The van der Waals surface area contributed by atoms with Gasteiger partial charge < -0.3 is 5.11 Å². The van der Waals surface area contributed by atoms with E-state index in [0.29, 0.717) is 0 Å². The number of hydrogen-bond acceptors (Lipinski definition) is 4. The summed E-state index contributed by atoms with van der Waals surface area (Å²) < 4.78 is 1.41. The molecule has 0 aromatic carbocycles. The minimum absolute atomic E-state index is 0.0253. The molecule has 0 amide bonds. The molecule has 7 nitrogen and oxygen atoms in total. The van der Waals surface area contributed by atoms with Crippen LogP contribution >= 0.6 is 11.6 Å². The molecular formula is C6H4ClN5O2. The van der Waals surface area contributed by atoms with Crippen molar-refractivity contribution in [3.05, 3.63) is 23.4 Å². The lowest BCUT2D eigenvalue weighted by Crippen LogP contribution is -1.97. The van der Waals surface area contributed by atoms with Gasteiger partial charge in [0.25, 0.3) is 0 Å². The lowest BCUT2D eigenvalue weighted by atomic mass is 10.4. The third-order valence-electron chi connectivity index (χ3n) is 1.57. The van der Waals surface area contributed by atoms with Crippen LogP contribution in [-0.2, 0) is 0 Å². The Kier molecular flexibility index (Phi) is 1.93. The second-order valence-corrected chi connectivity index (χ2v) is 2.79. The summed E-state index contributed by atoms with van der Waals surface area (Å²) in [5.74, 6) is -0.907. The molecule has 0 unspecified atom stereocenters. The van der Waals surface area contributed by atoms with E-state index in [1.807, 2.05) is 0 Å². The number of rotatable bonds is 2. The van der Waals surface area contributed by atoms with Crippen LogP contribution in [0, 0.1) is 0 Å². The van der Waals surface area contributed by atoms with Gasteiger partial charge in [0.1, 0.15) is 17.7 Å². The molecule has 0 aliphatic carbocycles. The SMILES string of the molecule is O=C(O)c1[nH]nc(-n2cnnc2)c1Cl. The number of nitrogens with one attached hydrogen (secondary N) is 1. The summed E-state index contributed by atoms with van der Waals surface area (Å²) in [4.78, 5) is 10.6. The maximum atomic E-state index is 10.6. The minimum Gasteiger partial charge on any atom is -0.476 e. The molecule has 14 heavy (non-hydrogen) atoms. The zero-order valence-electron chi connectivity index (χ0n) is 6.68. The number of carbonyl (C=O) groups is 1. The van der Waals surface area contributed by atoms with Crippen LogP contribution in [0.25, 0.3) is 5.82 Å². The highest BCUT2D eigenvalue weighted by molar-refractivity contribution is 6.34. The number of carboxylic acids is 1. The van der Waals surface area contributed by atoms with Gasteiger partial charge in [0, 0.05) is 0 Å². The van der Waals surface area contributed by atoms with Gasteiger partial charge in [0.05, 0.1) is 0 Å². The Morgan fingerprint density at radius 2 is 2.14 bits per heavy atom. The Morgan fingerprint density at radius 3 is 2.64 bits per heavy atom. The second-order valence-electron chi connectivity index (χ2n) is 2.41. The van der Waals surface area contributed by atoms with Crippen LogP contribution in [0.2, 0.25) is 5.02 Å². The van der Waals surface area contributed by atoms with Crippen molar-refractivity contribution in [2.45, 2.75) is 0 Å². The molecule has 0 atom stereocenters. The molecule has 0 aliphatic heterocycles. The fourth-order valence-corrected chi connectivity index (χ4v) is 1.20. The van der Waals surface area contributed by atoms with E-state index in [1.54, 1.807) is 0 Å². The van der Waals surface area contributed by atoms with Crippen molar-refractivity contribution in [3.8, 4) is 5.82 Å². The number of hydrogen-bond donors (Lipinski definition) is 2. The molecule has 0 spiro atoms. The lowest BCUT2D eigenvalue weighted by molar-refractivity contribution is 0.0690. The molecule has 8 heteroatoms. The maximum absolute atomic E-state index is 10.6. The Morgan fingerprint density at radius 1 is 1.50 bits per heavy atom. The molecule has 2 aromatic rings. The van der Waals surface area contributed by atoms with Gasteiger partial charge in [0.15, 0.2) is 11.5 Å². The minimum atomic E-state index is -1.16. The second kappa shape index (κ2) is 3.11. The Bertz CT molecular complexity index is 463. The van der Waals surface area contributed by atoms with E-state index in [1.165, 1.54) is 17.2 Å². The summed E-state index contributed by atoms with van der Waals surface area (Å²) in [7, 11) is 0. The van der Waals surface area contributed by atoms with Crippen LogP contribution in [0.15, 0.2) is 12.7 Å². The lowest BCUT2D eigenvalue weighted by Gasteiger charge is -1.93. The monoisotopic (exact) mass is 213 g/mol. The smallest absolute Gasteiger partial charge is 0.355 e. The molecule has 72 valence electrons. The summed E-state index contributed by atoms with van der Waals surface area (Å²) >= 11 is 5.76. The van der Waals surface area contributed by atoms with E-state index in [4.69, 9.17) is 16.7 Å². The molecule has 2 rings (SSSR count). The number of halogens is 1. The number of aromatic carboxylic acids is 1. The molecule has 2 aromatic heterocycles. The molecular weight excluding hydrogens is 210 g/mol. The topological polar surface area (TPSA) is 96.7 Å². The number of aromatic amines is 1. The van der Waals surface area contributed by atoms with E-state index in [2.05, 4.69) is 20.4 Å². The van der Waals surface area contributed by atoms with E-state index in [-0.39, 0.29) is 16.5 Å². The number of nitrogens with zero attached hydrogens (tertiary/aromatic N) is 4. The quantitative estimate of drug-likeness (QED) is 0.750. The molecule has 0 saturated carbocycles. The molecule has 0 bridgehead atoms. The van der Waals surface area contributed by atoms with Gasteiger partial charge in [-0.3, -0.25) is 9.67 Å². The fourth-order valence-electron chi connectivity index (χ4n) is 0.942. The highest BCUT2D eigenvalue weighted by Gasteiger charge is 2.17. The Hall–Kier alpha value is -1.89. The van der Waals surface area contributed by atoms with Crippen LogP contribution in [0.3, 0.4) is 0 Å². The first kappa shape index (κ1) is 8.70. The van der Waals surface area contributed by atoms with Gasteiger partial charge in [-0.1, -0.05) is 11.6 Å². The predicted molar refractivity (Wildman–Crippen MR) is 45.5 cm³/mol. The van der Waals surface area contributed by atoms with Crippen molar-refractivity contribution < 1.29 is 9.90 Å². The number of aromatic nitrogens is 5. The summed E-state index contributed by atoms with van der Waals surface area (Å²) in [5, 5.41) is 21.8. The van der Waals surface area contributed by atoms with Crippen molar-refractivity contribution in [2.75, 3.05) is 0 Å². The first-order chi connectivity index (χ1) is 6.70. The fraction of sp³-hybridized carbons (Fsp3) is 0. The predicted octanol–water partition coefficient (Wildman–Crippen LogP) is 0.342. The standard InChI is InChI=1S/C6H4ClN5O2/c7-3-4(6(13)14)10-11-5(3)12-1-8-9-2-12/h1-2H,(H,10,11)(H,13,14).